The predicted molar refractivity (Wildman–Crippen MR) is 69.1 cm³/mol. The fraction of sp³-hybridized carbons (Fsp3) is 0.929. The summed E-state index contributed by atoms with van der Waals surface area (Å²) >= 11 is 0. The number of carbonyl (C=O) groups excluding carboxylic acids is 1. The first-order chi connectivity index (χ1) is 6.70. The number of rotatable bonds is 3. The molecule has 0 unspecified atom stereocenters. The minimum Gasteiger partial charge on any atom is -0.300 e. The summed E-state index contributed by atoms with van der Waals surface area (Å²) in [5, 5.41) is 0. The van der Waals surface area contributed by atoms with Crippen molar-refractivity contribution in [2.45, 2.75) is 73.6 Å². The summed E-state index contributed by atoms with van der Waals surface area (Å²) in [6.07, 6.45) is 7.68. The summed E-state index contributed by atoms with van der Waals surface area (Å²) in [5.41, 5.74) is 0. The molecule has 1 atom stereocenters. The Morgan fingerprint density at radius 3 is 2.07 bits per heavy atom. The summed E-state index contributed by atoms with van der Waals surface area (Å²) < 4.78 is 0. The zero-order valence-corrected chi connectivity index (χ0v) is 10.3. The smallest absolute Gasteiger partial charge is 0.130 e. The first-order valence-electron chi connectivity index (χ1n) is 6.19. The lowest BCUT2D eigenvalue weighted by Gasteiger charge is -2.26. The van der Waals surface area contributed by atoms with Crippen molar-refractivity contribution in [1.82, 2.24) is 0 Å². The van der Waals surface area contributed by atoms with Gasteiger partial charge in [0.1, 0.15) is 5.78 Å². The van der Waals surface area contributed by atoms with Crippen LogP contribution >= 0.6 is 0 Å². The van der Waals surface area contributed by atoms with E-state index in [4.69, 9.17) is 0 Å². The molecular formula is C14H30O. The zero-order valence-electron chi connectivity index (χ0n) is 10.3. The maximum Gasteiger partial charge on any atom is 0.130 e. The molecule has 15 heavy (non-hydrogen) atoms. The molecule has 1 fully saturated rings. The monoisotopic (exact) mass is 214 g/mol. The fourth-order valence-corrected chi connectivity index (χ4v) is 2.32. The van der Waals surface area contributed by atoms with Crippen molar-refractivity contribution < 1.29 is 4.79 Å². The lowest BCUT2D eigenvalue weighted by molar-refractivity contribution is -0.118. The Bertz CT molecular complexity index is 145. The molecule has 1 aliphatic rings. The summed E-state index contributed by atoms with van der Waals surface area (Å²) in [6, 6.07) is 0. The number of hydrogen-bond acceptors (Lipinski definition) is 1. The van der Waals surface area contributed by atoms with Gasteiger partial charge in [-0.3, -0.25) is 0 Å². The van der Waals surface area contributed by atoms with Crippen molar-refractivity contribution >= 4 is 5.78 Å². The van der Waals surface area contributed by atoms with Crippen LogP contribution in [-0.2, 0) is 4.79 Å². The molecule has 0 saturated heterocycles. The van der Waals surface area contributed by atoms with Crippen LogP contribution in [0.1, 0.15) is 73.6 Å². The van der Waals surface area contributed by atoms with Gasteiger partial charge in [-0.2, -0.15) is 0 Å². The Morgan fingerprint density at radius 1 is 1.20 bits per heavy atom. The van der Waals surface area contributed by atoms with Gasteiger partial charge < -0.3 is 4.79 Å². The summed E-state index contributed by atoms with van der Waals surface area (Å²) in [5.74, 6) is 1.82. The lowest BCUT2D eigenvalue weighted by Crippen LogP contribution is -2.17. The van der Waals surface area contributed by atoms with E-state index in [0.29, 0.717) is 11.7 Å². The second kappa shape index (κ2) is 10.2. The van der Waals surface area contributed by atoms with Crippen LogP contribution in [0.25, 0.3) is 0 Å². The van der Waals surface area contributed by atoms with E-state index in [0.717, 1.165) is 12.3 Å². The second-order valence-electron chi connectivity index (χ2n) is 4.28. The van der Waals surface area contributed by atoms with Gasteiger partial charge in [0.2, 0.25) is 0 Å². The zero-order chi connectivity index (χ0) is 11.0. The van der Waals surface area contributed by atoms with Crippen molar-refractivity contribution in [2.75, 3.05) is 0 Å². The van der Waals surface area contributed by atoms with E-state index in [1.54, 1.807) is 6.92 Å². The molecule has 0 aromatic heterocycles. The maximum atomic E-state index is 10.9. The van der Waals surface area contributed by atoms with Gasteiger partial charge in [0.25, 0.3) is 0 Å². The van der Waals surface area contributed by atoms with E-state index in [-0.39, 0.29) is 7.43 Å². The van der Waals surface area contributed by atoms with Crippen molar-refractivity contribution in [3.8, 4) is 0 Å². The van der Waals surface area contributed by atoms with Crippen LogP contribution < -0.4 is 0 Å². The Labute approximate surface area is 96.7 Å². The molecule has 0 N–H and O–H groups in total. The quantitative estimate of drug-likeness (QED) is 0.656. The van der Waals surface area contributed by atoms with Gasteiger partial charge in [-0.1, -0.05) is 60.3 Å². The number of ketones is 1. The molecule has 1 heteroatoms. The molecule has 0 amide bonds. The fourth-order valence-electron chi connectivity index (χ4n) is 2.32. The maximum absolute atomic E-state index is 10.9. The molecule has 0 aromatic rings. The molecule has 0 radical (unpaired) electrons. The third-order valence-corrected chi connectivity index (χ3v) is 3.06. The number of carbonyl (C=O) groups is 1. The standard InChI is InChI=1S/C11H20O.C2H6.CH4/c1-9(8-10(2)12)11-6-4-3-5-7-11;1-2;/h9,11H,3-8H2,1-2H3;1-2H3;1H4/t9-;;/m0../s1. The van der Waals surface area contributed by atoms with E-state index in [1.807, 2.05) is 13.8 Å². The van der Waals surface area contributed by atoms with Gasteiger partial charge >= 0.3 is 0 Å². The van der Waals surface area contributed by atoms with Gasteiger partial charge in [0, 0.05) is 6.42 Å². The largest absolute Gasteiger partial charge is 0.300 e. The number of hydrogen-bond donors (Lipinski definition) is 0. The van der Waals surface area contributed by atoms with Crippen molar-refractivity contribution in [3.05, 3.63) is 0 Å². The van der Waals surface area contributed by atoms with Gasteiger partial charge in [-0.15, -0.1) is 0 Å². The van der Waals surface area contributed by atoms with Crippen molar-refractivity contribution in [1.29, 1.82) is 0 Å². The highest BCUT2D eigenvalue weighted by Gasteiger charge is 2.20. The Balaban J connectivity index is 0. The van der Waals surface area contributed by atoms with E-state index < -0.39 is 0 Å². The van der Waals surface area contributed by atoms with Crippen LogP contribution in [-0.4, -0.2) is 5.78 Å². The lowest BCUT2D eigenvalue weighted by atomic mass is 9.79. The third kappa shape index (κ3) is 7.58. The second-order valence-corrected chi connectivity index (χ2v) is 4.28. The van der Waals surface area contributed by atoms with Gasteiger partial charge in [-0.25, -0.2) is 0 Å². The van der Waals surface area contributed by atoms with Gasteiger partial charge in [0.15, 0.2) is 0 Å². The molecule has 1 saturated carbocycles. The Kier molecular flexibility index (Phi) is 11.6. The highest BCUT2D eigenvalue weighted by Crippen LogP contribution is 2.31. The van der Waals surface area contributed by atoms with E-state index in [9.17, 15) is 4.79 Å². The number of Topliss-reactive ketones (excluding diaryl/α,β-unsaturated/α-hetero) is 1. The summed E-state index contributed by atoms with van der Waals surface area (Å²) in [4.78, 5) is 10.9. The molecule has 1 aliphatic carbocycles. The third-order valence-electron chi connectivity index (χ3n) is 3.06. The molecular weight excluding hydrogens is 184 g/mol. The van der Waals surface area contributed by atoms with Crippen LogP contribution in [0.2, 0.25) is 0 Å². The van der Waals surface area contributed by atoms with Crippen molar-refractivity contribution in [3.63, 3.8) is 0 Å². The van der Waals surface area contributed by atoms with Gasteiger partial charge in [-0.05, 0) is 18.8 Å². The first kappa shape index (κ1) is 17.1. The average molecular weight is 214 g/mol. The Morgan fingerprint density at radius 2 is 1.67 bits per heavy atom. The highest BCUT2D eigenvalue weighted by molar-refractivity contribution is 5.75. The van der Waals surface area contributed by atoms with E-state index in [1.165, 1.54) is 32.1 Å². The van der Waals surface area contributed by atoms with Gasteiger partial charge in [0.05, 0.1) is 0 Å². The average Bonchev–Trinajstić information content (AvgIpc) is 2.21. The predicted octanol–water partition coefficient (Wildman–Crippen LogP) is 4.84. The minimum absolute atomic E-state index is 0. The molecule has 1 rings (SSSR count). The van der Waals surface area contributed by atoms with Crippen LogP contribution in [0.4, 0.5) is 0 Å². The van der Waals surface area contributed by atoms with Crippen LogP contribution in [0.5, 0.6) is 0 Å². The molecule has 0 aliphatic heterocycles. The Hall–Kier alpha value is -0.330. The summed E-state index contributed by atoms with van der Waals surface area (Å²) in [7, 11) is 0. The highest BCUT2D eigenvalue weighted by atomic mass is 16.1. The van der Waals surface area contributed by atoms with Crippen LogP contribution in [0, 0.1) is 11.8 Å². The first-order valence-corrected chi connectivity index (χ1v) is 6.19. The normalized spacial score (nSPS) is 18.1. The SMILES string of the molecule is C.CC.CC(=O)C[C@H](C)C1CCCCC1. The molecule has 0 heterocycles. The molecule has 0 aromatic carbocycles. The molecule has 0 spiro atoms. The summed E-state index contributed by atoms with van der Waals surface area (Å²) in [6.45, 7) is 7.94. The van der Waals surface area contributed by atoms with Crippen molar-refractivity contribution in [2.24, 2.45) is 11.8 Å². The van der Waals surface area contributed by atoms with E-state index >= 15 is 0 Å². The topological polar surface area (TPSA) is 17.1 Å². The van der Waals surface area contributed by atoms with Crippen LogP contribution in [0.15, 0.2) is 0 Å². The minimum atomic E-state index is 0. The molecule has 0 bridgehead atoms. The molecule has 92 valence electrons. The molecule has 1 nitrogen and oxygen atoms in total. The van der Waals surface area contributed by atoms with Crippen LogP contribution in [0.3, 0.4) is 0 Å². The van der Waals surface area contributed by atoms with E-state index in [2.05, 4.69) is 6.92 Å².